The number of hydrogen-bond acceptors (Lipinski definition) is 21. The highest BCUT2D eigenvalue weighted by Crippen LogP contribution is 2.42. The third-order valence-corrected chi connectivity index (χ3v) is 23.1. The second-order valence-electron chi connectivity index (χ2n) is 32.6. The summed E-state index contributed by atoms with van der Waals surface area (Å²) in [6, 6.07) is 118. The molecule has 0 amide bonds. The van der Waals surface area contributed by atoms with Crippen molar-refractivity contribution in [1.82, 2.24) is 0 Å². The Morgan fingerprint density at radius 2 is 0.341 bits per heavy atom. The van der Waals surface area contributed by atoms with Crippen LogP contribution in [0.2, 0.25) is 0 Å². The predicted octanol–water partition coefficient (Wildman–Crippen LogP) is 16.9. The molecule has 0 spiro atoms. The topological polar surface area (TPSA) is 216 Å². The third-order valence-electron chi connectivity index (χ3n) is 23.1. The minimum absolute atomic E-state index is 0.00000305. The summed E-state index contributed by atoms with van der Waals surface area (Å²) in [5.41, 5.74) is 10.4. The Balaban J connectivity index is 0.857. The van der Waals surface area contributed by atoms with Crippen LogP contribution < -0.4 is 0 Å². The summed E-state index contributed by atoms with van der Waals surface area (Å²) in [4.78, 5) is 0. The van der Waals surface area contributed by atoms with E-state index in [1.54, 1.807) is 0 Å². The molecule has 0 aliphatic carbocycles. The minimum atomic E-state index is -1.78. The molecule has 0 saturated carbocycles. The van der Waals surface area contributed by atoms with Gasteiger partial charge < -0.3 is 100 Å². The normalized spacial score (nSPS) is 25.8. The van der Waals surface area contributed by atoms with Gasteiger partial charge in [0.25, 0.3) is 0 Å². The van der Waals surface area contributed by atoms with E-state index in [-0.39, 0.29) is 106 Å². The van der Waals surface area contributed by atoms with Gasteiger partial charge in [0, 0.05) is 0 Å². The number of hydrogen-bond donors (Lipinski definition) is 2. The summed E-state index contributed by atoms with van der Waals surface area (Å²) in [5, 5.41) is 27.2. The number of ether oxygens (including phenoxy) is 19. The number of aliphatic hydroxyl groups excluding tert-OH is 2. The molecule has 4 heterocycles. The second kappa shape index (κ2) is 49.2. The zero-order chi connectivity index (χ0) is 87.7. The molecule has 0 bridgehead atoms. The van der Waals surface area contributed by atoms with E-state index >= 15 is 0 Å². The van der Waals surface area contributed by atoms with Crippen molar-refractivity contribution in [3.8, 4) is 0 Å². The van der Waals surface area contributed by atoms with Crippen molar-refractivity contribution in [2.45, 2.75) is 202 Å². The van der Waals surface area contributed by atoms with Gasteiger partial charge in [0.1, 0.15) is 97.7 Å². The van der Waals surface area contributed by atoms with Crippen LogP contribution in [0.5, 0.6) is 0 Å². The quantitative estimate of drug-likeness (QED) is 0.0363. The van der Waals surface area contributed by atoms with Crippen molar-refractivity contribution in [1.29, 1.82) is 0 Å². The zero-order valence-electron chi connectivity index (χ0n) is 72.2. The molecule has 2 N–H and O–H groups in total. The Kier molecular flexibility index (Phi) is 35.1. The zero-order valence-corrected chi connectivity index (χ0v) is 72.2. The van der Waals surface area contributed by atoms with Gasteiger partial charge in [-0.3, -0.25) is 0 Å². The molecular weight excluding hydrogens is 1630 g/mol. The fourth-order valence-corrected chi connectivity index (χ4v) is 16.5. The average Bonchev–Trinajstić information content (AvgIpc) is 0.755. The largest absolute Gasteiger partial charge is 0.385 e. The lowest BCUT2D eigenvalue weighted by molar-refractivity contribution is -0.415. The van der Waals surface area contributed by atoms with E-state index in [9.17, 15) is 10.2 Å². The van der Waals surface area contributed by atoms with E-state index in [0.717, 1.165) is 66.8 Å². The van der Waals surface area contributed by atoms with Crippen LogP contribution in [-0.2, 0) is 169 Å². The first-order valence-corrected chi connectivity index (χ1v) is 44.5. The van der Waals surface area contributed by atoms with Crippen LogP contribution >= 0.6 is 0 Å². The molecule has 129 heavy (non-hydrogen) atoms. The lowest BCUT2D eigenvalue weighted by Crippen LogP contribution is -2.69. The van der Waals surface area contributed by atoms with Gasteiger partial charge >= 0.3 is 0 Å². The second-order valence-corrected chi connectivity index (χ2v) is 32.6. The van der Waals surface area contributed by atoms with Crippen LogP contribution in [0.1, 0.15) is 66.8 Å². The van der Waals surface area contributed by atoms with Gasteiger partial charge in [-0.1, -0.05) is 364 Å². The molecular formula is C108H114O21. The molecule has 12 aromatic carbocycles. The molecule has 4 aliphatic heterocycles. The lowest BCUT2D eigenvalue weighted by atomic mass is 9.94. The van der Waals surface area contributed by atoms with Crippen LogP contribution in [0, 0.1) is 0 Å². The van der Waals surface area contributed by atoms with Crippen LogP contribution in [-0.4, -0.2) is 159 Å². The van der Waals surface area contributed by atoms with Crippen LogP contribution in [0.3, 0.4) is 0 Å². The smallest absolute Gasteiger partial charge is 0.187 e. The van der Waals surface area contributed by atoms with E-state index < -0.39 is 123 Å². The van der Waals surface area contributed by atoms with Gasteiger partial charge in [-0.25, -0.2) is 0 Å². The van der Waals surface area contributed by atoms with Gasteiger partial charge in [-0.15, -0.1) is 0 Å². The summed E-state index contributed by atoms with van der Waals surface area (Å²) in [7, 11) is 0. The third kappa shape index (κ3) is 27.0. The molecule has 16 rings (SSSR count). The standard InChI is InChI=1S/C108H114O21/c109-93-98(119-69-85-53-29-9-30-54-85)94(115-65-81-45-21-5-22-46-81)90(74-112-62-78-39-15-2-16-40-78)124-106(93)128-103-100(121-71-87-57-33-11-34-58-87)96(117-67-83-49-25-7-26-50-83)92(76-114-64-80-43-19-4-20-44-80)126-108(103)129-104-101(122-72-88-59-35-12-36-60-88)97(118-68-84-51-27-8-28-52-84)91(75-113-63-79-41-17-3-18-42-79)125-107(104)127-102-99(120-70-86-55-31-10-32-56-86)95(116-66-82-47-23-6-24-48-82)89(123-105(102)110)73-111-61-77-37-13-1-14-38-77/h1-60,89-110H,61-76H2/t89?,90?,91?,92?,93?,94-,95-,96-,97-,98+,99-,100-,101-,102?,103?,104?,105?,106-,107-,108-/m0/s1. The Morgan fingerprint density at radius 3 is 0.581 bits per heavy atom. The number of benzene rings is 12. The molecule has 12 aromatic rings. The molecule has 4 aliphatic rings. The molecule has 672 valence electrons. The molecule has 4 fully saturated rings. The van der Waals surface area contributed by atoms with Crippen LogP contribution in [0.4, 0.5) is 0 Å². The fraction of sp³-hybridized carbons (Fsp3) is 0.333. The van der Waals surface area contributed by atoms with Crippen LogP contribution in [0.25, 0.3) is 0 Å². The molecule has 0 aromatic heterocycles. The molecule has 21 heteroatoms. The van der Waals surface area contributed by atoms with Gasteiger partial charge in [-0.05, 0) is 66.8 Å². The first-order valence-electron chi connectivity index (χ1n) is 44.5. The lowest BCUT2D eigenvalue weighted by Gasteiger charge is -2.52. The Hall–Kier alpha value is -10.2. The minimum Gasteiger partial charge on any atom is -0.385 e. The summed E-state index contributed by atoms with van der Waals surface area (Å²) in [6.07, 6.45) is -25.9. The van der Waals surface area contributed by atoms with Crippen LogP contribution in [0.15, 0.2) is 364 Å². The van der Waals surface area contributed by atoms with E-state index in [0.29, 0.717) is 0 Å². The maximum absolute atomic E-state index is 13.8. The van der Waals surface area contributed by atoms with Crippen molar-refractivity contribution in [2.75, 3.05) is 26.4 Å². The highest BCUT2D eigenvalue weighted by atomic mass is 16.8. The summed E-state index contributed by atoms with van der Waals surface area (Å²) in [6.45, 7) is 0.934. The summed E-state index contributed by atoms with van der Waals surface area (Å²) >= 11 is 0. The Labute approximate surface area is 755 Å². The van der Waals surface area contributed by atoms with Crippen molar-refractivity contribution in [3.63, 3.8) is 0 Å². The molecule has 20 atom stereocenters. The average molecular weight is 1750 g/mol. The summed E-state index contributed by atoms with van der Waals surface area (Å²) in [5.74, 6) is 0. The fourth-order valence-electron chi connectivity index (χ4n) is 16.5. The van der Waals surface area contributed by atoms with Crippen molar-refractivity contribution < 1.29 is 100 Å². The SMILES string of the molecule is OC1OC(COCc2ccccc2)[C@H](OCc2ccccc2)[C@H](OCc2ccccc2)C1O[C@@H]1OC(COCc2ccccc2)[C@H](OCc2ccccc2)[C@H](OCc2ccccc2)C1O[C@@H]1OC(COCc2ccccc2)[C@H](OCc2ccccc2)[C@H](OCc2ccccc2)C1O[C@@H]1OC(COCc2ccccc2)[C@H](OCc2ccccc2)[C@H](OCc2ccccc2)C1O. The number of aliphatic hydroxyl groups is 2. The molecule has 0 radical (unpaired) electrons. The van der Waals surface area contributed by atoms with Gasteiger partial charge in [-0.2, -0.15) is 0 Å². The molecule has 9 unspecified atom stereocenters. The molecule has 21 nitrogen and oxygen atoms in total. The first kappa shape index (κ1) is 92.1. The maximum Gasteiger partial charge on any atom is 0.187 e. The van der Waals surface area contributed by atoms with Gasteiger partial charge in [0.05, 0.1) is 106 Å². The van der Waals surface area contributed by atoms with E-state index in [1.165, 1.54) is 0 Å². The van der Waals surface area contributed by atoms with E-state index in [4.69, 9.17) is 90.0 Å². The Bertz CT molecular complexity index is 5070. The predicted molar refractivity (Wildman–Crippen MR) is 482 cm³/mol. The number of rotatable bonds is 46. The van der Waals surface area contributed by atoms with Crippen molar-refractivity contribution in [3.05, 3.63) is 431 Å². The maximum atomic E-state index is 13.8. The molecule has 4 saturated heterocycles. The highest BCUT2D eigenvalue weighted by molar-refractivity contribution is 5.23. The van der Waals surface area contributed by atoms with E-state index in [2.05, 4.69) is 0 Å². The van der Waals surface area contributed by atoms with E-state index in [1.807, 2.05) is 364 Å². The van der Waals surface area contributed by atoms with Gasteiger partial charge in [0.2, 0.25) is 0 Å². The monoisotopic (exact) mass is 1750 g/mol. The van der Waals surface area contributed by atoms with Crippen molar-refractivity contribution in [2.24, 2.45) is 0 Å². The summed E-state index contributed by atoms with van der Waals surface area (Å²) < 4.78 is 139. The Morgan fingerprint density at radius 1 is 0.171 bits per heavy atom. The first-order chi connectivity index (χ1) is 63.8. The highest BCUT2D eigenvalue weighted by Gasteiger charge is 2.59. The van der Waals surface area contributed by atoms with Crippen molar-refractivity contribution >= 4 is 0 Å². The van der Waals surface area contributed by atoms with Gasteiger partial charge in [0.15, 0.2) is 25.2 Å².